The van der Waals surface area contributed by atoms with E-state index in [1.807, 2.05) is 19.9 Å². The lowest BCUT2D eigenvalue weighted by atomic mass is 10.1. The van der Waals surface area contributed by atoms with Gasteiger partial charge in [-0.3, -0.25) is 9.69 Å². The molecule has 0 unspecified atom stereocenters. The molecule has 0 N–H and O–H groups in total. The first kappa shape index (κ1) is 21.7. The van der Waals surface area contributed by atoms with Crippen LogP contribution in [0.4, 0.5) is 0 Å². The molecule has 9 heteroatoms. The number of rotatable bonds is 7. The number of carbonyl (C=O) groups excluding carboxylic acids is 1. The number of thiophene rings is 1. The normalized spacial score (nSPS) is 21.3. The predicted molar refractivity (Wildman–Crippen MR) is 117 cm³/mol. The van der Waals surface area contributed by atoms with E-state index in [1.54, 1.807) is 17.5 Å². The van der Waals surface area contributed by atoms with Crippen molar-refractivity contribution in [1.82, 2.24) is 13.8 Å². The lowest BCUT2D eigenvalue weighted by Crippen LogP contribution is -2.49. The molecule has 2 aromatic rings. The Morgan fingerprint density at radius 1 is 1.23 bits per heavy atom. The van der Waals surface area contributed by atoms with Crippen molar-refractivity contribution in [1.29, 1.82) is 0 Å². The van der Waals surface area contributed by atoms with Crippen LogP contribution in [0.5, 0.6) is 0 Å². The zero-order valence-corrected chi connectivity index (χ0v) is 19.2. The molecule has 0 saturated carbocycles. The molecule has 4 rings (SSSR count). The number of Topliss-reactive ketones (excluding diaryl/α,β-unsaturated/α-hetero) is 1. The summed E-state index contributed by atoms with van der Waals surface area (Å²) < 4.78 is 35.2. The highest BCUT2D eigenvalue weighted by molar-refractivity contribution is 7.91. The second kappa shape index (κ2) is 8.92. The molecular weight excluding hydrogens is 422 g/mol. The number of nitrogens with zero attached hydrogens (tertiary/aromatic N) is 3. The van der Waals surface area contributed by atoms with Crippen LogP contribution in [0.15, 0.2) is 27.8 Å². The van der Waals surface area contributed by atoms with Crippen molar-refractivity contribution in [2.45, 2.75) is 43.5 Å². The zero-order chi connectivity index (χ0) is 21.3. The van der Waals surface area contributed by atoms with Crippen molar-refractivity contribution in [3.05, 3.63) is 40.5 Å². The van der Waals surface area contributed by atoms with E-state index in [1.165, 1.54) is 15.6 Å². The van der Waals surface area contributed by atoms with Crippen LogP contribution in [0, 0.1) is 13.8 Å². The van der Waals surface area contributed by atoms with Crippen LogP contribution in [-0.2, 0) is 21.3 Å². The topological polar surface area (TPSA) is 71.9 Å². The van der Waals surface area contributed by atoms with Gasteiger partial charge < -0.3 is 9.30 Å². The van der Waals surface area contributed by atoms with Gasteiger partial charge in [0.15, 0.2) is 5.78 Å². The van der Waals surface area contributed by atoms with E-state index in [4.69, 9.17) is 4.74 Å². The van der Waals surface area contributed by atoms with Crippen molar-refractivity contribution in [3.63, 3.8) is 0 Å². The lowest BCUT2D eigenvalue weighted by Gasteiger charge is -2.33. The summed E-state index contributed by atoms with van der Waals surface area (Å²) in [7, 11) is -3.42. The minimum Gasteiger partial charge on any atom is -0.376 e. The molecular formula is C21H29N3O4S2. The first-order valence-electron chi connectivity index (χ1n) is 10.4. The molecule has 7 nitrogen and oxygen atoms in total. The van der Waals surface area contributed by atoms with Gasteiger partial charge in [-0.25, -0.2) is 8.42 Å². The molecule has 2 saturated heterocycles. The molecule has 0 amide bonds. The molecule has 2 aliphatic rings. The maximum Gasteiger partial charge on any atom is 0.252 e. The monoisotopic (exact) mass is 451 g/mol. The molecule has 0 spiro atoms. The SMILES string of the molecule is Cc1cc(C(=O)CN2CCN(S(=O)(=O)c3cccs3)CC2)c(C)n1C[C@@H]1CCCO1. The first-order valence-corrected chi connectivity index (χ1v) is 12.8. The van der Waals surface area contributed by atoms with Crippen LogP contribution >= 0.6 is 11.3 Å². The molecule has 164 valence electrons. The van der Waals surface area contributed by atoms with Gasteiger partial charge in [-0.05, 0) is 44.2 Å². The van der Waals surface area contributed by atoms with E-state index >= 15 is 0 Å². The summed E-state index contributed by atoms with van der Waals surface area (Å²) >= 11 is 1.24. The van der Waals surface area contributed by atoms with E-state index in [0.717, 1.165) is 42.9 Å². The molecule has 2 fully saturated rings. The van der Waals surface area contributed by atoms with Crippen LogP contribution < -0.4 is 0 Å². The number of sulfonamides is 1. The number of aromatic nitrogens is 1. The van der Waals surface area contributed by atoms with Gasteiger partial charge in [0.2, 0.25) is 0 Å². The van der Waals surface area contributed by atoms with Crippen molar-refractivity contribution in [3.8, 4) is 0 Å². The first-order chi connectivity index (χ1) is 14.4. The van der Waals surface area contributed by atoms with Crippen molar-refractivity contribution >= 4 is 27.1 Å². The average Bonchev–Trinajstić information content (AvgIpc) is 3.48. The zero-order valence-electron chi connectivity index (χ0n) is 17.5. The summed E-state index contributed by atoms with van der Waals surface area (Å²) in [5.74, 6) is 0.0938. The number of hydrogen-bond acceptors (Lipinski definition) is 6. The molecule has 0 aromatic carbocycles. The highest BCUT2D eigenvalue weighted by Gasteiger charge is 2.30. The van der Waals surface area contributed by atoms with E-state index in [9.17, 15) is 13.2 Å². The van der Waals surface area contributed by atoms with Crippen LogP contribution in [0.25, 0.3) is 0 Å². The molecule has 2 aliphatic heterocycles. The van der Waals surface area contributed by atoms with E-state index in [-0.39, 0.29) is 11.9 Å². The van der Waals surface area contributed by atoms with Crippen LogP contribution in [-0.4, -0.2) is 73.4 Å². The molecule has 0 aliphatic carbocycles. The van der Waals surface area contributed by atoms with Gasteiger partial charge in [-0.15, -0.1) is 11.3 Å². The highest BCUT2D eigenvalue weighted by Crippen LogP contribution is 2.23. The third-order valence-electron chi connectivity index (χ3n) is 6.07. The molecule has 2 aromatic heterocycles. The van der Waals surface area contributed by atoms with Gasteiger partial charge in [-0.2, -0.15) is 4.31 Å². The minimum absolute atomic E-state index is 0.0938. The van der Waals surface area contributed by atoms with E-state index in [2.05, 4.69) is 9.47 Å². The number of piperazine rings is 1. The lowest BCUT2D eigenvalue weighted by molar-refractivity contribution is 0.0896. The second-order valence-electron chi connectivity index (χ2n) is 8.07. The average molecular weight is 452 g/mol. The Balaban J connectivity index is 1.36. The molecule has 0 bridgehead atoms. The summed E-state index contributed by atoms with van der Waals surface area (Å²) in [6.07, 6.45) is 2.40. The standard InChI is InChI=1S/C21H29N3O4S2/c1-16-13-19(17(2)24(16)14-18-5-3-11-28-18)20(25)15-22-7-9-23(10-8-22)30(26,27)21-6-4-12-29-21/h4,6,12-13,18H,3,5,7-11,14-15H2,1-2H3/t18-/m0/s1. The largest absolute Gasteiger partial charge is 0.376 e. The smallest absolute Gasteiger partial charge is 0.252 e. The maximum absolute atomic E-state index is 13.0. The summed E-state index contributed by atoms with van der Waals surface area (Å²) in [5, 5.41) is 1.77. The summed E-state index contributed by atoms with van der Waals surface area (Å²) in [6.45, 7) is 7.91. The van der Waals surface area contributed by atoms with Crippen molar-refractivity contribution < 1.29 is 17.9 Å². The number of hydrogen-bond donors (Lipinski definition) is 0. The Bertz CT molecular complexity index is 984. The number of carbonyl (C=O) groups is 1. The van der Waals surface area contributed by atoms with Gasteiger partial charge in [0, 0.05) is 56.3 Å². The Hall–Kier alpha value is -1.52. The fourth-order valence-electron chi connectivity index (χ4n) is 4.31. The third-order valence-corrected chi connectivity index (χ3v) is 9.34. The molecule has 4 heterocycles. The van der Waals surface area contributed by atoms with Crippen molar-refractivity contribution in [2.24, 2.45) is 0 Å². The summed E-state index contributed by atoms with van der Waals surface area (Å²) in [4.78, 5) is 15.0. The van der Waals surface area contributed by atoms with Gasteiger partial charge in [0.1, 0.15) is 4.21 Å². The van der Waals surface area contributed by atoms with E-state index < -0.39 is 10.0 Å². The Kier molecular flexibility index (Phi) is 6.45. The number of aryl methyl sites for hydroxylation is 1. The Labute approximate surface area is 182 Å². The second-order valence-corrected chi connectivity index (χ2v) is 11.2. The van der Waals surface area contributed by atoms with E-state index in [0.29, 0.717) is 36.9 Å². The summed E-state index contributed by atoms with van der Waals surface area (Å²) in [5.41, 5.74) is 2.84. The maximum atomic E-state index is 13.0. The summed E-state index contributed by atoms with van der Waals surface area (Å²) in [6, 6.07) is 5.37. The van der Waals surface area contributed by atoms with Gasteiger partial charge in [0.05, 0.1) is 12.6 Å². The highest BCUT2D eigenvalue weighted by atomic mass is 32.2. The van der Waals surface area contributed by atoms with Crippen molar-refractivity contribution in [2.75, 3.05) is 39.3 Å². The third kappa shape index (κ3) is 4.40. The van der Waals surface area contributed by atoms with Gasteiger partial charge in [-0.1, -0.05) is 6.07 Å². The van der Waals surface area contributed by atoms with Crippen LogP contribution in [0.1, 0.15) is 34.6 Å². The quantitative estimate of drug-likeness (QED) is 0.605. The molecule has 30 heavy (non-hydrogen) atoms. The predicted octanol–water partition coefficient (Wildman–Crippen LogP) is 2.53. The minimum atomic E-state index is -3.42. The molecule has 1 atom stereocenters. The Morgan fingerprint density at radius 2 is 2.00 bits per heavy atom. The van der Waals surface area contributed by atoms with Gasteiger partial charge in [0.25, 0.3) is 10.0 Å². The van der Waals surface area contributed by atoms with Gasteiger partial charge >= 0.3 is 0 Å². The number of ether oxygens (including phenoxy) is 1. The van der Waals surface area contributed by atoms with Crippen LogP contribution in [0.3, 0.4) is 0 Å². The number of ketones is 1. The fraction of sp³-hybridized carbons (Fsp3) is 0.571. The van der Waals surface area contributed by atoms with Crippen LogP contribution in [0.2, 0.25) is 0 Å². The fourth-order valence-corrected chi connectivity index (χ4v) is 6.88. The Morgan fingerprint density at radius 3 is 2.63 bits per heavy atom. The molecule has 0 radical (unpaired) electrons.